The van der Waals surface area contributed by atoms with E-state index in [0.717, 1.165) is 0 Å². The molecule has 2 aromatic carbocycles. The number of hydrogen-bond donors (Lipinski definition) is 1. The van der Waals surface area contributed by atoms with E-state index >= 15 is 0 Å². The summed E-state index contributed by atoms with van der Waals surface area (Å²) in [4.78, 5) is 29.8. The summed E-state index contributed by atoms with van der Waals surface area (Å²) >= 11 is 0. The van der Waals surface area contributed by atoms with Crippen molar-refractivity contribution in [2.24, 2.45) is 0 Å². The van der Waals surface area contributed by atoms with E-state index in [1.807, 2.05) is 39.8 Å². The zero-order chi connectivity index (χ0) is 25.7. The topological polar surface area (TPSA) is 88.5 Å². The number of amides is 1. The van der Waals surface area contributed by atoms with Crippen molar-refractivity contribution in [3.63, 3.8) is 0 Å². The quantitative estimate of drug-likeness (QED) is 0.312. The van der Waals surface area contributed by atoms with Crippen molar-refractivity contribution in [2.45, 2.75) is 32.9 Å². The SMILES string of the molecule is CCOc1cccc(/C(O)=C2/C(=O)C(=O)N(CCN(C)C)C2c2ccc(OC(C)C)c(OC)c2)c1. The lowest BCUT2D eigenvalue weighted by atomic mass is 9.95. The van der Waals surface area contributed by atoms with Crippen LogP contribution < -0.4 is 14.2 Å². The number of aliphatic hydroxyl groups is 1. The van der Waals surface area contributed by atoms with Gasteiger partial charge in [-0.15, -0.1) is 0 Å². The van der Waals surface area contributed by atoms with Crippen LogP contribution in [0.2, 0.25) is 0 Å². The third-order valence-corrected chi connectivity index (χ3v) is 5.61. The molecule has 35 heavy (non-hydrogen) atoms. The highest BCUT2D eigenvalue weighted by molar-refractivity contribution is 6.46. The van der Waals surface area contributed by atoms with Crippen LogP contribution in [-0.4, -0.2) is 73.6 Å². The van der Waals surface area contributed by atoms with E-state index in [2.05, 4.69) is 0 Å². The average Bonchev–Trinajstić information content (AvgIpc) is 3.07. The number of Topliss-reactive ketones (excluding diaryl/α,β-unsaturated/α-hetero) is 1. The fraction of sp³-hybridized carbons (Fsp3) is 0.407. The molecule has 3 rings (SSSR count). The van der Waals surface area contributed by atoms with Gasteiger partial charge in [0.1, 0.15) is 11.5 Å². The summed E-state index contributed by atoms with van der Waals surface area (Å²) in [5.41, 5.74) is 1.07. The molecular formula is C27H34N2O6. The molecule has 2 aromatic rings. The van der Waals surface area contributed by atoms with Crippen LogP contribution in [0, 0.1) is 0 Å². The number of ketones is 1. The molecule has 1 amide bonds. The first kappa shape index (κ1) is 26.1. The van der Waals surface area contributed by atoms with Crippen molar-refractivity contribution in [1.29, 1.82) is 0 Å². The van der Waals surface area contributed by atoms with E-state index in [0.29, 0.717) is 48.1 Å². The highest BCUT2D eigenvalue weighted by atomic mass is 16.5. The molecule has 0 spiro atoms. The van der Waals surface area contributed by atoms with E-state index < -0.39 is 17.7 Å². The summed E-state index contributed by atoms with van der Waals surface area (Å²) in [6.45, 7) is 7.02. The Hall–Kier alpha value is -3.52. The van der Waals surface area contributed by atoms with Crippen LogP contribution in [0.4, 0.5) is 0 Å². The number of hydrogen-bond acceptors (Lipinski definition) is 7. The lowest BCUT2D eigenvalue weighted by Crippen LogP contribution is -2.35. The number of aliphatic hydroxyl groups excluding tert-OH is 1. The van der Waals surface area contributed by atoms with Crippen LogP contribution in [0.3, 0.4) is 0 Å². The van der Waals surface area contributed by atoms with Gasteiger partial charge in [-0.05, 0) is 64.7 Å². The van der Waals surface area contributed by atoms with Gasteiger partial charge in [-0.2, -0.15) is 0 Å². The van der Waals surface area contributed by atoms with Crippen LogP contribution in [0.25, 0.3) is 5.76 Å². The number of carbonyl (C=O) groups excluding carboxylic acids is 2. The largest absolute Gasteiger partial charge is 0.507 e. The molecule has 8 nitrogen and oxygen atoms in total. The first-order valence-electron chi connectivity index (χ1n) is 11.7. The van der Waals surface area contributed by atoms with Crippen molar-refractivity contribution in [1.82, 2.24) is 9.80 Å². The Morgan fingerprint density at radius 2 is 1.86 bits per heavy atom. The van der Waals surface area contributed by atoms with E-state index in [1.165, 1.54) is 12.0 Å². The van der Waals surface area contributed by atoms with Crippen molar-refractivity contribution in [2.75, 3.05) is 40.9 Å². The summed E-state index contributed by atoms with van der Waals surface area (Å²) < 4.78 is 16.9. The molecule has 188 valence electrons. The molecule has 1 atom stereocenters. The minimum absolute atomic E-state index is 0.0296. The predicted octanol–water partition coefficient (Wildman–Crippen LogP) is 3.86. The zero-order valence-electron chi connectivity index (χ0n) is 21.2. The van der Waals surface area contributed by atoms with Gasteiger partial charge in [-0.1, -0.05) is 18.2 Å². The first-order chi connectivity index (χ1) is 16.7. The summed E-state index contributed by atoms with van der Waals surface area (Å²) in [5, 5.41) is 11.3. The van der Waals surface area contributed by atoms with Crippen LogP contribution in [0.15, 0.2) is 48.0 Å². The summed E-state index contributed by atoms with van der Waals surface area (Å²) in [5.74, 6) is -0.0282. The summed E-state index contributed by atoms with van der Waals surface area (Å²) in [6.07, 6.45) is -0.0573. The molecule has 1 fully saturated rings. The molecule has 0 saturated carbocycles. The minimum Gasteiger partial charge on any atom is -0.507 e. The van der Waals surface area contributed by atoms with Crippen molar-refractivity contribution >= 4 is 17.4 Å². The number of likely N-dealkylation sites (tertiary alicyclic amines) is 1. The fourth-order valence-electron chi connectivity index (χ4n) is 4.03. The van der Waals surface area contributed by atoms with E-state index in [4.69, 9.17) is 14.2 Å². The van der Waals surface area contributed by atoms with Crippen LogP contribution >= 0.6 is 0 Å². The second-order valence-electron chi connectivity index (χ2n) is 8.83. The predicted molar refractivity (Wildman–Crippen MR) is 134 cm³/mol. The van der Waals surface area contributed by atoms with Crippen molar-refractivity contribution in [3.05, 3.63) is 59.2 Å². The Morgan fingerprint density at radius 3 is 2.49 bits per heavy atom. The Bertz CT molecular complexity index is 1110. The Balaban J connectivity index is 2.16. The molecule has 1 aliphatic heterocycles. The zero-order valence-corrected chi connectivity index (χ0v) is 21.2. The molecule has 1 N–H and O–H groups in total. The number of nitrogens with zero attached hydrogens (tertiary/aromatic N) is 2. The third kappa shape index (κ3) is 5.77. The van der Waals surface area contributed by atoms with Crippen molar-refractivity contribution < 1.29 is 28.9 Å². The van der Waals surface area contributed by atoms with Crippen LogP contribution in [-0.2, 0) is 9.59 Å². The third-order valence-electron chi connectivity index (χ3n) is 5.61. The summed E-state index contributed by atoms with van der Waals surface area (Å²) in [6, 6.07) is 11.4. The molecule has 0 radical (unpaired) electrons. The van der Waals surface area contributed by atoms with E-state index in [-0.39, 0.29) is 17.4 Å². The average molecular weight is 483 g/mol. The molecule has 1 aliphatic rings. The molecule has 1 heterocycles. The normalized spacial score (nSPS) is 17.4. The summed E-state index contributed by atoms with van der Waals surface area (Å²) in [7, 11) is 5.33. The molecule has 1 saturated heterocycles. The maximum atomic E-state index is 13.2. The lowest BCUT2D eigenvalue weighted by molar-refractivity contribution is -0.140. The number of benzene rings is 2. The Morgan fingerprint density at radius 1 is 1.11 bits per heavy atom. The number of likely N-dealkylation sites (N-methyl/N-ethyl adjacent to an activating group) is 1. The molecule has 0 aliphatic carbocycles. The van der Waals surface area contributed by atoms with Gasteiger partial charge < -0.3 is 29.1 Å². The molecule has 0 aromatic heterocycles. The maximum Gasteiger partial charge on any atom is 0.295 e. The molecule has 8 heteroatoms. The van der Waals surface area contributed by atoms with Gasteiger partial charge in [0.05, 0.1) is 31.4 Å². The van der Waals surface area contributed by atoms with Crippen molar-refractivity contribution in [3.8, 4) is 17.2 Å². The number of ether oxygens (including phenoxy) is 3. The number of methoxy groups -OCH3 is 1. The first-order valence-corrected chi connectivity index (χ1v) is 11.7. The van der Waals surface area contributed by atoms with Gasteiger partial charge in [0, 0.05) is 18.7 Å². The second kappa shape index (κ2) is 11.3. The van der Waals surface area contributed by atoms with Crippen LogP contribution in [0.5, 0.6) is 17.2 Å². The van der Waals surface area contributed by atoms with E-state index in [1.54, 1.807) is 42.5 Å². The fourth-order valence-corrected chi connectivity index (χ4v) is 4.03. The highest BCUT2D eigenvalue weighted by Gasteiger charge is 2.46. The number of carbonyl (C=O) groups is 2. The monoisotopic (exact) mass is 482 g/mol. The number of rotatable bonds is 10. The van der Waals surface area contributed by atoms with E-state index in [9.17, 15) is 14.7 Å². The highest BCUT2D eigenvalue weighted by Crippen LogP contribution is 2.42. The smallest absolute Gasteiger partial charge is 0.295 e. The molecule has 1 unspecified atom stereocenters. The van der Waals surface area contributed by atoms with Gasteiger partial charge in [0.25, 0.3) is 11.7 Å². The van der Waals surface area contributed by atoms with Gasteiger partial charge in [-0.3, -0.25) is 9.59 Å². The maximum absolute atomic E-state index is 13.2. The van der Waals surface area contributed by atoms with Gasteiger partial charge in [0.2, 0.25) is 0 Å². The van der Waals surface area contributed by atoms with Crippen LogP contribution in [0.1, 0.15) is 37.9 Å². The lowest BCUT2D eigenvalue weighted by Gasteiger charge is -2.27. The molecular weight excluding hydrogens is 448 g/mol. The van der Waals surface area contributed by atoms with Gasteiger partial charge in [0.15, 0.2) is 11.5 Å². The Labute approximate surface area is 206 Å². The van der Waals surface area contributed by atoms with Gasteiger partial charge >= 0.3 is 0 Å². The minimum atomic E-state index is -0.785. The van der Waals surface area contributed by atoms with Gasteiger partial charge in [-0.25, -0.2) is 0 Å². The standard InChI is InChI=1S/C27H34N2O6/c1-7-34-20-10-8-9-19(15-20)25(30)23-24(29(14-13-28(4)5)27(32)26(23)31)18-11-12-21(35-17(2)3)22(16-18)33-6/h8-12,15-17,24,30H,7,13-14H2,1-6H3/b25-23-. The second-order valence-corrected chi connectivity index (χ2v) is 8.83. The molecule has 0 bridgehead atoms. The Kier molecular flexibility index (Phi) is 8.40.